The largest absolute Gasteiger partial charge is 0.309 e. The summed E-state index contributed by atoms with van der Waals surface area (Å²) in [7, 11) is 0. The molecule has 1 aromatic heterocycles. The van der Waals surface area contributed by atoms with Crippen LogP contribution >= 0.6 is 27.3 Å². The van der Waals surface area contributed by atoms with Gasteiger partial charge >= 0.3 is 0 Å². The maximum atomic E-state index is 3.76. The average molecular weight is 343 g/mol. The van der Waals surface area contributed by atoms with Gasteiger partial charge in [0.15, 0.2) is 0 Å². The van der Waals surface area contributed by atoms with Crippen molar-refractivity contribution in [3.8, 4) is 0 Å². The summed E-state index contributed by atoms with van der Waals surface area (Å²) in [6, 6.07) is 2.28. The van der Waals surface area contributed by atoms with E-state index in [1.54, 1.807) is 0 Å². The van der Waals surface area contributed by atoms with Gasteiger partial charge in [-0.05, 0) is 48.7 Å². The molecule has 0 amide bonds. The first-order valence-electron chi connectivity index (χ1n) is 7.22. The van der Waals surface area contributed by atoms with Crippen molar-refractivity contribution in [3.05, 3.63) is 20.8 Å². The Balaban J connectivity index is 1.81. The normalized spacial score (nSPS) is 26.1. The highest BCUT2D eigenvalue weighted by Gasteiger charge is 2.45. The number of piperazine rings is 1. The van der Waals surface area contributed by atoms with Crippen LogP contribution in [-0.4, -0.2) is 29.1 Å². The zero-order valence-electron chi connectivity index (χ0n) is 11.8. The molecule has 2 fully saturated rings. The molecule has 2 aliphatic rings. The van der Waals surface area contributed by atoms with E-state index in [1.165, 1.54) is 35.0 Å². The number of nitrogens with one attached hydrogen (secondary N) is 1. The molecule has 1 saturated heterocycles. The molecule has 0 radical (unpaired) electrons. The zero-order valence-corrected chi connectivity index (χ0v) is 14.2. The maximum absolute atomic E-state index is 3.76. The number of hydrogen-bond donors (Lipinski definition) is 1. The van der Waals surface area contributed by atoms with E-state index in [9.17, 15) is 0 Å². The molecule has 106 valence electrons. The summed E-state index contributed by atoms with van der Waals surface area (Å²) < 4.78 is 1.22. The van der Waals surface area contributed by atoms with Gasteiger partial charge in [-0.1, -0.05) is 12.8 Å². The molecule has 1 saturated carbocycles. The van der Waals surface area contributed by atoms with Crippen LogP contribution in [0.4, 0.5) is 0 Å². The number of thiophene rings is 1. The summed E-state index contributed by atoms with van der Waals surface area (Å²) in [6.45, 7) is 8.08. The fraction of sp³-hybridized carbons (Fsp3) is 0.733. The Bertz CT molecular complexity index is 449. The molecule has 0 atom stereocenters. The zero-order chi connectivity index (χ0) is 13.5. The van der Waals surface area contributed by atoms with Crippen LogP contribution in [0.25, 0.3) is 0 Å². The van der Waals surface area contributed by atoms with E-state index in [1.807, 2.05) is 11.3 Å². The molecule has 0 aromatic carbocycles. The van der Waals surface area contributed by atoms with Crippen LogP contribution in [0.2, 0.25) is 0 Å². The maximum Gasteiger partial charge on any atom is 0.0338 e. The van der Waals surface area contributed by atoms with Crippen LogP contribution in [-0.2, 0) is 6.54 Å². The molecule has 1 aromatic rings. The van der Waals surface area contributed by atoms with Crippen molar-refractivity contribution in [2.45, 2.75) is 57.2 Å². The molecule has 2 nitrogen and oxygen atoms in total. The van der Waals surface area contributed by atoms with E-state index in [4.69, 9.17) is 0 Å². The lowest BCUT2D eigenvalue weighted by Crippen LogP contribution is -2.66. The van der Waals surface area contributed by atoms with Gasteiger partial charge in [-0.2, -0.15) is 0 Å². The van der Waals surface area contributed by atoms with Gasteiger partial charge in [0.2, 0.25) is 0 Å². The van der Waals surface area contributed by atoms with Gasteiger partial charge in [0.1, 0.15) is 0 Å². The quantitative estimate of drug-likeness (QED) is 0.873. The average Bonchev–Trinajstić information content (AvgIpc) is 2.95. The van der Waals surface area contributed by atoms with Gasteiger partial charge in [0, 0.05) is 45.4 Å². The third kappa shape index (κ3) is 2.92. The summed E-state index contributed by atoms with van der Waals surface area (Å²) in [5.74, 6) is 0. The Morgan fingerprint density at radius 1 is 1.37 bits per heavy atom. The summed E-state index contributed by atoms with van der Waals surface area (Å²) in [5, 5.41) is 5.96. The number of hydrogen-bond acceptors (Lipinski definition) is 3. The molecule has 2 heterocycles. The summed E-state index contributed by atoms with van der Waals surface area (Å²) >= 11 is 5.45. The Morgan fingerprint density at radius 3 is 2.74 bits per heavy atom. The minimum Gasteiger partial charge on any atom is -0.309 e. The third-order valence-corrected chi connectivity index (χ3v) is 6.34. The summed E-state index contributed by atoms with van der Waals surface area (Å²) in [4.78, 5) is 4.24. The molecular weight excluding hydrogens is 320 g/mol. The molecular formula is C15H23BrN2S. The minimum absolute atomic E-state index is 0.238. The first kappa shape index (κ1) is 14.1. The Labute approximate surface area is 128 Å². The second kappa shape index (κ2) is 5.14. The van der Waals surface area contributed by atoms with Crippen LogP contribution in [0.15, 0.2) is 15.9 Å². The summed E-state index contributed by atoms with van der Waals surface area (Å²) in [6.07, 6.45) is 5.52. The van der Waals surface area contributed by atoms with Crippen LogP contribution in [0, 0.1) is 0 Å². The minimum atomic E-state index is 0.238. The molecule has 4 heteroatoms. The molecule has 1 spiro atoms. The predicted molar refractivity (Wildman–Crippen MR) is 85.7 cm³/mol. The van der Waals surface area contributed by atoms with Crippen LogP contribution in [0.5, 0.6) is 0 Å². The first-order valence-corrected chi connectivity index (χ1v) is 8.89. The van der Waals surface area contributed by atoms with E-state index in [0.717, 1.165) is 19.6 Å². The topological polar surface area (TPSA) is 15.3 Å². The molecule has 3 rings (SSSR count). The molecule has 19 heavy (non-hydrogen) atoms. The van der Waals surface area contributed by atoms with E-state index < -0.39 is 0 Å². The lowest BCUT2D eigenvalue weighted by molar-refractivity contribution is 0.0129. The SMILES string of the molecule is CC1(C)CN(Cc2cc(Br)cs2)C2(CCCC2)CN1. The number of rotatable bonds is 2. The number of halogens is 1. The summed E-state index contributed by atoms with van der Waals surface area (Å²) in [5.41, 5.74) is 0.661. The highest BCUT2D eigenvalue weighted by molar-refractivity contribution is 9.10. The van der Waals surface area contributed by atoms with Gasteiger partial charge in [-0.15, -0.1) is 11.3 Å². The first-order chi connectivity index (χ1) is 8.99. The fourth-order valence-corrected chi connectivity index (χ4v) is 5.06. The Hall–Kier alpha value is 0.1000. The highest BCUT2D eigenvalue weighted by atomic mass is 79.9. The standard InChI is InChI=1S/C15H23BrN2S/c1-14(2)11-18(8-13-7-12(16)9-19-13)15(10-17-14)5-3-4-6-15/h7,9,17H,3-6,8,10-11H2,1-2H3. The Kier molecular flexibility index (Phi) is 3.80. The second-order valence-electron chi connectivity index (χ2n) is 6.76. The van der Waals surface area contributed by atoms with E-state index >= 15 is 0 Å². The van der Waals surface area contributed by atoms with Gasteiger partial charge in [-0.25, -0.2) is 0 Å². The van der Waals surface area contributed by atoms with Crippen molar-refractivity contribution in [3.63, 3.8) is 0 Å². The lowest BCUT2D eigenvalue weighted by atomic mass is 9.87. The van der Waals surface area contributed by atoms with E-state index in [0.29, 0.717) is 5.54 Å². The molecule has 0 bridgehead atoms. The Morgan fingerprint density at radius 2 is 2.11 bits per heavy atom. The third-order valence-electron chi connectivity index (χ3n) is 4.66. The van der Waals surface area contributed by atoms with Gasteiger partial charge < -0.3 is 5.32 Å². The van der Waals surface area contributed by atoms with E-state index in [-0.39, 0.29) is 5.54 Å². The predicted octanol–water partition coefficient (Wildman–Crippen LogP) is 4.01. The van der Waals surface area contributed by atoms with Crippen molar-refractivity contribution >= 4 is 27.3 Å². The van der Waals surface area contributed by atoms with Crippen LogP contribution in [0.1, 0.15) is 44.4 Å². The highest BCUT2D eigenvalue weighted by Crippen LogP contribution is 2.39. The van der Waals surface area contributed by atoms with Gasteiger partial charge in [-0.3, -0.25) is 4.90 Å². The molecule has 1 aliphatic carbocycles. The number of nitrogens with zero attached hydrogens (tertiary/aromatic N) is 1. The smallest absolute Gasteiger partial charge is 0.0338 e. The van der Waals surface area contributed by atoms with Crippen molar-refractivity contribution in [1.29, 1.82) is 0 Å². The molecule has 0 unspecified atom stereocenters. The van der Waals surface area contributed by atoms with Crippen LogP contribution < -0.4 is 5.32 Å². The lowest BCUT2D eigenvalue weighted by Gasteiger charge is -2.51. The van der Waals surface area contributed by atoms with E-state index in [2.05, 4.69) is 51.4 Å². The van der Waals surface area contributed by atoms with Gasteiger partial charge in [0.25, 0.3) is 0 Å². The van der Waals surface area contributed by atoms with Crippen molar-refractivity contribution in [2.24, 2.45) is 0 Å². The molecule has 1 aliphatic heterocycles. The van der Waals surface area contributed by atoms with Gasteiger partial charge in [0.05, 0.1) is 0 Å². The van der Waals surface area contributed by atoms with Crippen molar-refractivity contribution in [1.82, 2.24) is 10.2 Å². The van der Waals surface area contributed by atoms with Crippen molar-refractivity contribution < 1.29 is 0 Å². The van der Waals surface area contributed by atoms with Crippen molar-refractivity contribution in [2.75, 3.05) is 13.1 Å². The fourth-order valence-electron chi connectivity index (χ4n) is 3.59. The second-order valence-corrected chi connectivity index (χ2v) is 8.67. The monoisotopic (exact) mass is 342 g/mol. The molecule has 1 N–H and O–H groups in total. The van der Waals surface area contributed by atoms with Crippen LogP contribution in [0.3, 0.4) is 0 Å².